The number of carbonyl (C=O) groups is 2. The fourth-order valence-corrected chi connectivity index (χ4v) is 5.19. The molecule has 0 saturated heterocycles. The summed E-state index contributed by atoms with van der Waals surface area (Å²) in [6.07, 6.45) is -2.54. The highest BCUT2D eigenvalue weighted by molar-refractivity contribution is 5.91. The van der Waals surface area contributed by atoms with Crippen LogP contribution < -0.4 is 5.56 Å². The Morgan fingerprint density at radius 2 is 1.67 bits per heavy atom. The van der Waals surface area contributed by atoms with Crippen LogP contribution >= 0.6 is 0 Å². The minimum atomic E-state index is -5.08. The summed E-state index contributed by atoms with van der Waals surface area (Å²) in [6, 6.07) is 28.2. The maximum absolute atomic E-state index is 12.5. The Balaban J connectivity index is 0.000000515. The van der Waals surface area contributed by atoms with Gasteiger partial charge in [-0.05, 0) is 52.9 Å². The number of carboxylic acids is 1. The van der Waals surface area contributed by atoms with Gasteiger partial charge >= 0.3 is 18.1 Å². The van der Waals surface area contributed by atoms with Crippen LogP contribution in [0.5, 0.6) is 0 Å². The Hall–Kier alpha value is -5.29. The molecule has 6 rings (SSSR count). The van der Waals surface area contributed by atoms with Crippen molar-refractivity contribution in [1.29, 1.82) is 0 Å². The number of ether oxygens (including phenoxy) is 1. The maximum Gasteiger partial charge on any atom is 0.490 e. The number of aliphatic carboxylic acids is 1. The summed E-state index contributed by atoms with van der Waals surface area (Å²) in [6.45, 7) is 2.61. The number of carboxylic acid groups (broad SMARTS) is 1. The number of fused-ring (bicyclic) bond motifs is 2. The normalized spacial score (nSPS) is 13.0. The molecule has 0 bridgehead atoms. The van der Waals surface area contributed by atoms with Gasteiger partial charge in [0, 0.05) is 37.0 Å². The minimum absolute atomic E-state index is 0.140. The highest BCUT2D eigenvalue weighted by Crippen LogP contribution is 2.33. The van der Waals surface area contributed by atoms with E-state index in [0.717, 1.165) is 48.4 Å². The molecular weight excluding hydrogens is 587 g/mol. The average Bonchev–Trinajstić information content (AvgIpc) is 3.04. The fourth-order valence-electron chi connectivity index (χ4n) is 5.19. The smallest absolute Gasteiger partial charge is 0.475 e. The van der Waals surface area contributed by atoms with Crippen LogP contribution in [-0.2, 0) is 29.0 Å². The van der Waals surface area contributed by atoms with E-state index in [1.54, 1.807) is 6.20 Å². The van der Waals surface area contributed by atoms with Gasteiger partial charge in [0.2, 0.25) is 0 Å². The van der Waals surface area contributed by atoms with Crippen LogP contribution in [0.3, 0.4) is 0 Å². The molecule has 0 unspecified atom stereocenters. The number of rotatable bonds is 5. The molecule has 230 valence electrons. The van der Waals surface area contributed by atoms with Gasteiger partial charge in [-0.1, -0.05) is 60.7 Å². The van der Waals surface area contributed by atoms with Crippen LogP contribution in [0, 0.1) is 0 Å². The average molecular weight is 616 g/mol. The zero-order valence-corrected chi connectivity index (χ0v) is 24.1. The summed E-state index contributed by atoms with van der Waals surface area (Å²) in [5.74, 6) is -3.05. The van der Waals surface area contributed by atoms with E-state index >= 15 is 0 Å². The summed E-state index contributed by atoms with van der Waals surface area (Å²) in [5.41, 5.74) is 8.65. The van der Waals surface area contributed by atoms with E-state index < -0.39 is 12.1 Å². The number of benzene rings is 3. The first kappa shape index (κ1) is 31.1. The van der Waals surface area contributed by atoms with Crippen molar-refractivity contribution < 1.29 is 32.6 Å². The van der Waals surface area contributed by atoms with Gasteiger partial charge in [-0.15, -0.1) is 0 Å². The molecule has 0 aliphatic carbocycles. The summed E-state index contributed by atoms with van der Waals surface area (Å²) in [5, 5.41) is 7.70. The van der Waals surface area contributed by atoms with E-state index in [1.165, 1.54) is 23.8 Å². The van der Waals surface area contributed by atoms with Gasteiger partial charge in [-0.2, -0.15) is 13.2 Å². The first-order valence-corrected chi connectivity index (χ1v) is 13.9. The second-order valence-corrected chi connectivity index (χ2v) is 10.4. The molecule has 0 spiro atoms. The molecule has 1 aliphatic rings. The number of hydrogen-bond donors (Lipinski definition) is 2. The molecule has 2 N–H and O–H groups in total. The lowest BCUT2D eigenvalue weighted by Crippen LogP contribution is -2.30. The van der Waals surface area contributed by atoms with Gasteiger partial charge in [-0.3, -0.25) is 9.69 Å². The number of pyridine rings is 2. The third kappa shape index (κ3) is 7.27. The first-order chi connectivity index (χ1) is 21.5. The third-order valence-electron chi connectivity index (χ3n) is 7.43. The lowest BCUT2D eigenvalue weighted by atomic mass is 9.96. The second kappa shape index (κ2) is 13.1. The number of esters is 1. The zero-order chi connectivity index (χ0) is 32.1. The van der Waals surface area contributed by atoms with Gasteiger partial charge in [-0.25, -0.2) is 14.6 Å². The molecule has 8 nitrogen and oxygen atoms in total. The van der Waals surface area contributed by atoms with Crippen molar-refractivity contribution >= 4 is 22.8 Å². The van der Waals surface area contributed by atoms with Crippen molar-refractivity contribution in [2.45, 2.75) is 25.7 Å². The van der Waals surface area contributed by atoms with Crippen molar-refractivity contribution in [2.24, 2.45) is 0 Å². The third-order valence-corrected chi connectivity index (χ3v) is 7.43. The molecule has 0 amide bonds. The SMILES string of the molecule is COC(=O)c1ccc2c(c1)CCN(Cc1ccc(-c3nc4cc[nH]c(=O)c4cc3-c3ccccc3)cc1)C2.O=C(O)C(F)(F)F. The number of H-pyrrole nitrogens is 1. The largest absolute Gasteiger partial charge is 0.490 e. The van der Waals surface area contributed by atoms with Gasteiger partial charge in [0.15, 0.2) is 0 Å². The molecule has 3 heterocycles. The number of aromatic amines is 1. The second-order valence-electron chi connectivity index (χ2n) is 10.4. The number of nitrogens with one attached hydrogen (secondary N) is 1. The number of carbonyl (C=O) groups excluding carboxylic acids is 1. The van der Waals surface area contributed by atoms with E-state index in [-0.39, 0.29) is 11.5 Å². The Labute approximate surface area is 255 Å². The molecule has 0 saturated carbocycles. The van der Waals surface area contributed by atoms with Gasteiger partial charge < -0.3 is 14.8 Å². The van der Waals surface area contributed by atoms with Crippen LogP contribution in [0.1, 0.15) is 27.0 Å². The van der Waals surface area contributed by atoms with Crippen LogP contribution in [0.2, 0.25) is 0 Å². The number of hydrogen-bond acceptors (Lipinski definition) is 6. The monoisotopic (exact) mass is 615 g/mol. The lowest BCUT2D eigenvalue weighted by molar-refractivity contribution is -0.192. The van der Waals surface area contributed by atoms with Crippen LogP contribution in [-0.4, -0.2) is 51.7 Å². The number of halogens is 3. The maximum atomic E-state index is 12.5. The number of nitrogens with zero attached hydrogens (tertiary/aromatic N) is 2. The van der Waals surface area contributed by atoms with Gasteiger partial charge in [0.05, 0.1) is 29.3 Å². The fraction of sp³-hybridized carbons (Fsp3) is 0.176. The Bertz CT molecular complexity index is 1910. The molecule has 3 aromatic carbocycles. The quantitative estimate of drug-likeness (QED) is 0.225. The van der Waals surface area contributed by atoms with E-state index in [2.05, 4.69) is 34.1 Å². The standard InChI is InChI=1S/C32H27N3O3.C2HF3O2/c1-38-32(37)25-11-12-26-20-35(16-14-24(26)17-25)19-21-7-9-23(10-8-21)30-27(22-5-3-2-4-6-22)18-28-29(34-30)13-15-33-31(28)36;3-2(4,5)1(6)7/h2-13,15,17-18H,14,16,19-20H2,1H3,(H,33,36);(H,6,7). The van der Waals surface area contributed by atoms with E-state index in [4.69, 9.17) is 19.6 Å². The van der Waals surface area contributed by atoms with Crippen LogP contribution in [0.4, 0.5) is 13.2 Å². The van der Waals surface area contributed by atoms with Gasteiger partial charge in [0.1, 0.15) is 0 Å². The van der Waals surface area contributed by atoms with Crippen molar-refractivity contribution in [1.82, 2.24) is 14.9 Å². The molecule has 5 aromatic rings. The Morgan fingerprint density at radius 3 is 2.33 bits per heavy atom. The molecule has 0 radical (unpaired) electrons. The summed E-state index contributed by atoms with van der Waals surface area (Å²) < 4.78 is 36.6. The van der Waals surface area contributed by atoms with Crippen molar-refractivity contribution in [3.05, 3.63) is 124 Å². The first-order valence-electron chi connectivity index (χ1n) is 13.9. The van der Waals surface area contributed by atoms with E-state index in [1.807, 2.05) is 60.7 Å². The molecule has 0 atom stereocenters. The predicted molar refractivity (Wildman–Crippen MR) is 163 cm³/mol. The molecule has 2 aromatic heterocycles. The number of aromatic nitrogens is 2. The Morgan fingerprint density at radius 1 is 0.956 bits per heavy atom. The number of methoxy groups -OCH3 is 1. The molecular formula is C34H28F3N3O5. The van der Waals surface area contributed by atoms with Crippen LogP contribution in [0.15, 0.2) is 95.9 Å². The summed E-state index contributed by atoms with van der Waals surface area (Å²) in [4.78, 5) is 43.3. The summed E-state index contributed by atoms with van der Waals surface area (Å²) >= 11 is 0. The highest BCUT2D eigenvalue weighted by atomic mass is 19.4. The predicted octanol–water partition coefficient (Wildman–Crippen LogP) is 6.24. The number of alkyl halides is 3. The zero-order valence-electron chi connectivity index (χ0n) is 24.1. The molecule has 11 heteroatoms. The van der Waals surface area contributed by atoms with Gasteiger partial charge in [0.25, 0.3) is 5.56 Å². The molecule has 45 heavy (non-hydrogen) atoms. The minimum Gasteiger partial charge on any atom is -0.475 e. The molecule has 1 aliphatic heterocycles. The van der Waals surface area contributed by atoms with Crippen molar-refractivity contribution in [3.8, 4) is 22.4 Å². The van der Waals surface area contributed by atoms with E-state index in [0.29, 0.717) is 16.5 Å². The van der Waals surface area contributed by atoms with Crippen molar-refractivity contribution in [2.75, 3.05) is 13.7 Å². The highest BCUT2D eigenvalue weighted by Gasteiger charge is 2.38. The van der Waals surface area contributed by atoms with Crippen LogP contribution in [0.25, 0.3) is 33.3 Å². The van der Waals surface area contributed by atoms with Crippen molar-refractivity contribution in [3.63, 3.8) is 0 Å². The summed E-state index contributed by atoms with van der Waals surface area (Å²) in [7, 11) is 1.41. The lowest BCUT2D eigenvalue weighted by Gasteiger charge is -2.29. The molecule has 0 fully saturated rings. The van der Waals surface area contributed by atoms with E-state index in [9.17, 15) is 22.8 Å². The topological polar surface area (TPSA) is 113 Å². The Kier molecular flexibility index (Phi) is 9.10.